The molecule has 0 aromatic heterocycles. The maximum Gasteiger partial charge on any atom is -0.00439 e. The van der Waals surface area contributed by atoms with Gasteiger partial charge in [0.05, 0.1) is 0 Å². The molecule has 0 fully saturated rings. The highest BCUT2D eigenvalue weighted by atomic mass is 14.6. The number of rotatable bonds is 5. The van der Waals surface area contributed by atoms with E-state index in [1.807, 2.05) is 0 Å². The summed E-state index contributed by atoms with van der Waals surface area (Å²) in [6.07, 6.45) is 3.74. The second-order valence-electron chi connectivity index (χ2n) is 5.49. The fourth-order valence-electron chi connectivity index (χ4n) is 1.33. The van der Waals surface area contributed by atoms with Crippen LogP contribution >= 0.6 is 0 Å². The largest absolute Gasteiger partial charge is 0.330 e. The van der Waals surface area contributed by atoms with Gasteiger partial charge in [-0.05, 0) is 23.8 Å². The molecular weight excluding hydrogens is 182 g/mol. The summed E-state index contributed by atoms with van der Waals surface area (Å²) in [7, 11) is 0. The zero-order chi connectivity index (χ0) is 12.5. The average Bonchev–Trinajstić information content (AvgIpc) is 2.20. The van der Waals surface area contributed by atoms with Crippen molar-refractivity contribution in [2.75, 3.05) is 6.54 Å². The van der Waals surface area contributed by atoms with E-state index in [1.165, 1.54) is 19.3 Å². The van der Waals surface area contributed by atoms with E-state index < -0.39 is 0 Å². The summed E-state index contributed by atoms with van der Waals surface area (Å²) in [5.41, 5.74) is 6.08. The molecule has 0 radical (unpaired) electrons. The maximum absolute atomic E-state index is 5.64. The Morgan fingerprint density at radius 3 is 1.47 bits per heavy atom. The lowest BCUT2D eigenvalue weighted by Crippen LogP contribution is -2.29. The van der Waals surface area contributed by atoms with Gasteiger partial charge in [-0.25, -0.2) is 0 Å². The monoisotopic (exact) mass is 215 g/mol. The molecule has 1 unspecified atom stereocenters. The van der Waals surface area contributed by atoms with Crippen LogP contribution in [0.4, 0.5) is 0 Å². The molecule has 0 saturated carbocycles. The van der Waals surface area contributed by atoms with Crippen molar-refractivity contribution in [3.05, 3.63) is 0 Å². The summed E-state index contributed by atoms with van der Waals surface area (Å²) in [5.74, 6) is 1.58. The van der Waals surface area contributed by atoms with Gasteiger partial charge in [-0.15, -0.1) is 0 Å². The predicted molar refractivity (Wildman–Crippen MR) is 72.0 cm³/mol. The van der Waals surface area contributed by atoms with Gasteiger partial charge in [0.1, 0.15) is 0 Å². The fraction of sp³-hybridized carbons (Fsp3) is 1.00. The average molecular weight is 215 g/mol. The minimum Gasteiger partial charge on any atom is -0.330 e. The summed E-state index contributed by atoms with van der Waals surface area (Å²) >= 11 is 0. The van der Waals surface area contributed by atoms with Crippen LogP contribution < -0.4 is 5.73 Å². The van der Waals surface area contributed by atoms with E-state index >= 15 is 0 Å². The third kappa shape index (κ3) is 8.92. The molecule has 0 aromatic rings. The molecule has 15 heavy (non-hydrogen) atoms. The van der Waals surface area contributed by atoms with E-state index in [9.17, 15) is 0 Å². The van der Waals surface area contributed by atoms with Crippen LogP contribution in [0.1, 0.15) is 67.7 Å². The van der Waals surface area contributed by atoms with Gasteiger partial charge in [0.25, 0.3) is 0 Å². The lowest BCUT2D eigenvalue weighted by atomic mass is 9.75. The van der Waals surface area contributed by atoms with Crippen LogP contribution in [0.2, 0.25) is 0 Å². The first-order valence-electron chi connectivity index (χ1n) is 6.55. The van der Waals surface area contributed by atoms with Gasteiger partial charge in [0.15, 0.2) is 0 Å². The van der Waals surface area contributed by atoms with Crippen molar-refractivity contribution < 1.29 is 0 Å². The Morgan fingerprint density at radius 2 is 1.40 bits per heavy atom. The Bertz CT molecular complexity index is 123. The smallest absolute Gasteiger partial charge is 0.00439 e. The molecule has 0 aliphatic rings. The van der Waals surface area contributed by atoms with Crippen LogP contribution in [0, 0.1) is 17.3 Å². The second kappa shape index (κ2) is 9.21. The minimum absolute atomic E-state index is 0.434. The summed E-state index contributed by atoms with van der Waals surface area (Å²) in [5, 5.41) is 0. The van der Waals surface area contributed by atoms with Crippen LogP contribution in [-0.2, 0) is 0 Å². The Kier molecular flexibility index (Phi) is 10.7. The molecule has 1 nitrogen and oxygen atoms in total. The molecular formula is C14H33N. The Morgan fingerprint density at radius 1 is 1.00 bits per heavy atom. The normalized spacial score (nSPS) is 13.4. The van der Waals surface area contributed by atoms with E-state index in [4.69, 9.17) is 5.73 Å². The van der Waals surface area contributed by atoms with Crippen LogP contribution in [0.15, 0.2) is 0 Å². The third-order valence-electron chi connectivity index (χ3n) is 3.61. The van der Waals surface area contributed by atoms with E-state index in [0.29, 0.717) is 11.3 Å². The van der Waals surface area contributed by atoms with Crippen LogP contribution in [0.5, 0.6) is 0 Å². The van der Waals surface area contributed by atoms with Crippen molar-refractivity contribution in [3.8, 4) is 0 Å². The number of hydrogen-bond acceptors (Lipinski definition) is 1. The first kappa shape index (κ1) is 17.4. The highest BCUT2D eigenvalue weighted by Crippen LogP contribution is 2.31. The van der Waals surface area contributed by atoms with E-state index in [-0.39, 0.29) is 0 Å². The summed E-state index contributed by atoms with van der Waals surface area (Å²) in [4.78, 5) is 0. The molecule has 94 valence electrons. The molecule has 0 rings (SSSR count). The van der Waals surface area contributed by atoms with Gasteiger partial charge in [0, 0.05) is 0 Å². The van der Waals surface area contributed by atoms with Gasteiger partial charge in [-0.2, -0.15) is 0 Å². The minimum atomic E-state index is 0.434. The maximum atomic E-state index is 5.64. The van der Waals surface area contributed by atoms with E-state index in [0.717, 1.165) is 12.5 Å². The third-order valence-corrected chi connectivity index (χ3v) is 3.61. The SMILES string of the molecule is CCC(C)C.CCC(CN)C(C)(C)CC. The van der Waals surface area contributed by atoms with Gasteiger partial charge >= 0.3 is 0 Å². The molecule has 0 bridgehead atoms. The van der Waals surface area contributed by atoms with Crippen molar-refractivity contribution in [1.82, 2.24) is 0 Å². The molecule has 0 aromatic carbocycles. The zero-order valence-electron chi connectivity index (χ0n) is 12.1. The van der Waals surface area contributed by atoms with Gasteiger partial charge in [-0.3, -0.25) is 0 Å². The lowest BCUT2D eigenvalue weighted by molar-refractivity contribution is 0.203. The topological polar surface area (TPSA) is 26.0 Å². The molecule has 0 aliphatic carbocycles. The van der Waals surface area contributed by atoms with Gasteiger partial charge in [0.2, 0.25) is 0 Å². The molecule has 0 saturated heterocycles. The first-order chi connectivity index (χ1) is 6.85. The highest BCUT2D eigenvalue weighted by molar-refractivity contribution is 4.76. The molecule has 0 spiro atoms. The van der Waals surface area contributed by atoms with Crippen LogP contribution in [0.25, 0.3) is 0 Å². The summed E-state index contributed by atoms with van der Waals surface area (Å²) in [6.45, 7) is 16.5. The van der Waals surface area contributed by atoms with E-state index in [1.54, 1.807) is 0 Å². The highest BCUT2D eigenvalue weighted by Gasteiger charge is 2.24. The molecule has 1 heteroatoms. The fourth-order valence-corrected chi connectivity index (χ4v) is 1.33. The standard InChI is InChI=1S/C9H21N.C5H12/c1-5-8(7-10)9(3,4)6-2;1-4-5(2)3/h8H,5-7,10H2,1-4H3;5H,4H2,1-3H3. The number of nitrogens with two attached hydrogens (primary N) is 1. The Hall–Kier alpha value is -0.0400. The summed E-state index contributed by atoms with van der Waals surface area (Å²) in [6, 6.07) is 0. The molecule has 0 amide bonds. The lowest BCUT2D eigenvalue weighted by Gasteiger charge is -2.31. The molecule has 0 heterocycles. The zero-order valence-corrected chi connectivity index (χ0v) is 12.1. The first-order valence-corrected chi connectivity index (χ1v) is 6.55. The summed E-state index contributed by atoms with van der Waals surface area (Å²) < 4.78 is 0. The van der Waals surface area contributed by atoms with Crippen molar-refractivity contribution in [2.45, 2.75) is 67.7 Å². The molecule has 2 N–H and O–H groups in total. The van der Waals surface area contributed by atoms with Crippen molar-refractivity contribution in [1.29, 1.82) is 0 Å². The van der Waals surface area contributed by atoms with Crippen molar-refractivity contribution in [3.63, 3.8) is 0 Å². The van der Waals surface area contributed by atoms with Crippen molar-refractivity contribution in [2.24, 2.45) is 23.0 Å². The predicted octanol–water partition coefficient (Wildman–Crippen LogP) is 4.46. The van der Waals surface area contributed by atoms with E-state index in [2.05, 4.69) is 48.5 Å². The second-order valence-corrected chi connectivity index (χ2v) is 5.49. The van der Waals surface area contributed by atoms with Crippen molar-refractivity contribution >= 4 is 0 Å². The Labute approximate surface area is 97.8 Å². The van der Waals surface area contributed by atoms with Gasteiger partial charge in [-0.1, -0.05) is 67.7 Å². The molecule has 0 aliphatic heterocycles. The number of hydrogen-bond donors (Lipinski definition) is 1. The van der Waals surface area contributed by atoms with Gasteiger partial charge < -0.3 is 5.73 Å². The van der Waals surface area contributed by atoms with Crippen LogP contribution in [-0.4, -0.2) is 6.54 Å². The quantitative estimate of drug-likeness (QED) is 0.720. The van der Waals surface area contributed by atoms with Crippen LogP contribution in [0.3, 0.4) is 0 Å². The molecule has 1 atom stereocenters. The Balaban J connectivity index is 0.